The second-order valence-corrected chi connectivity index (χ2v) is 8.63. The second-order valence-electron chi connectivity index (χ2n) is 8.63. The fraction of sp³-hybridized carbons (Fsp3) is 0.708. The number of quaternary nitrogens is 1. The molecule has 0 spiro atoms. The zero-order chi connectivity index (χ0) is 19.4. The standard InChI is InChI=1S/C24H41N2O/c1-3-4-5-6-7-8-9-10-11-15-20-26(2)21-18-25(19-22-26)24(27)23-16-13-12-14-17-23/h12-14,16-17H,3-11,15,18-22H2,1-2H3/q+1. The Morgan fingerprint density at radius 3 is 1.93 bits per heavy atom. The Kier molecular flexibility index (Phi) is 9.90. The van der Waals surface area contributed by atoms with Crippen molar-refractivity contribution < 1.29 is 9.28 Å². The van der Waals surface area contributed by atoms with Gasteiger partial charge in [-0.05, 0) is 25.0 Å². The first-order valence-corrected chi connectivity index (χ1v) is 11.3. The number of hydrogen-bond donors (Lipinski definition) is 0. The normalized spacial score (nSPS) is 16.4. The minimum atomic E-state index is 0.195. The number of amides is 1. The summed E-state index contributed by atoms with van der Waals surface area (Å²) in [4.78, 5) is 14.6. The fourth-order valence-corrected chi connectivity index (χ4v) is 4.12. The van der Waals surface area contributed by atoms with E-state index in [1.807, 2.05) is 35.2 Å². The van der Waals surface area contributed by atoms with Crippen molar-refractivity contribution in [1.82, 2.24) is 4.90 Å². The number of unbranched alkanes of at least 4 members (excludes halogenated alkanes) is 9. The maximum atomic E-state index is 12.6. The third kappa shape index (κ3) is 8.04. The Labute approximate surface area is 167 Å². The van der Waals surface area contributed by atoms with Crippen molar-refractivity contribution in [2.24, 2.45) is 0 Å². The van der Waals surface area contributed by atoms with E-state index in [1.54, 1.807) is 0 Å². The third-order valence-corrected chi connectivity index (χ3v) is 6.18. The number of rotatable bonds is 12. The average Bonchev–Trinajstić information content (AvgIpc) is 2.70. The molecule has 0 aromatic heterocycles. The lowest BCUT2D eigenvalue weighted by Gasteiger charge is -2.42. The summed E-state index contributed by atoms with van der Waals surface area (Å²) in [6.45, 7) is 7.52. The van der Waals surface area contributed by atoms with Gasteiger partial charge in [-0.1, -0.05) is 76.5 Å². The Bertz CT molecular complexity index is 520. The molecule has 0 N–H and O–H groups in total. The summed E-state index contributed by atoms with van der Waals surface area (Å²) in [6.07, 6.45) is 14.0. The first-order chi connectivity index (χ1) is 13.1. The molecule has 2 rings (SSSR count). The van der Waals surface area contributed by atoms with Gasteiger partial charge in [-0.3, -0.25) is 4.79 Å². The number of carbonyl (C=O) groups excluding carboxylic acids is 1. The lowest BCUT2D eigenvalue weighted by Crippen LogP contribution is -2.58. The number of hydrogen-bond acceptors (Lipinski definition) is 1. The van der Waals surface area contributed by atoms with Gasteiger partial charge in [0.25, 0.3) is 5.91 Å². The van der Waals surface area contributed by atoms with E-state index >= 15 is 0 Å². The molecular weight excluding hydrogens is 332 g/mol. The summed E-state index contributed by atoms with van der Waals surface area (Å²) < 4.78 is 1.13. The molecule has 27 heavy (non-hydrogen) atoms. The third-order valence-electron chi connectivity index (χ3n) is 6.18. The van der Waals surface area contributed by atoms with Gasteiger partial charge in [-0.2, -0.15) is 0 Å². The maximum absolute atomic E-state index is 12.6. The van der Waals surface area contributed by atoms with E-state index in [4.69, 9.17) is 0 Å². The molecule has 1 fully saturated rings. The molecule has 0 saturated carbocycles. The predicted octanol–water partition coefficient (Wildman–Crippen LogP) is 5.51. The molecule has 0 atom stereocenters. The van der Waals surface area contributed by atoms with Gasteiger partial charge in [0.05, 0.1) is 39.8 Å². The van der Waals surface area contributed by atoms with Crippen LogP contribution in [-0.2, 0) is 0 Å². The molecule has 0 aliphatic carbocycles. The summed E-state index contributed by atoms with van der Waals surface area (Å²) in [5, 5.41) is 0. The molecule has 3 heteroatoms. The Morgan fingerprint density at radius 1 is 0.852 bits per heavy atom. The smallest absolute Gasteiger partial charge is 0.254 e. The van der Waals surface area contributed by atoms with Gasteiger partial charge in [0.1, 0.15) is 0 Å². The summed E-state index contributed by atoms with van der Waals surface area (Å²) in [5.41, 5.74) is 0.822. The first-order valence-electron chi connectivity index (χ1n) is 11.3. The van der Waals surface area contributed by atoms with Crippen LogP contribution in [0, 0.1) is 0 Å². The highest BCUT2D eigenvalue weighted by molar-refractivity contribution is 5.94. The number of piperazine rings is 1. The van der Waals surface area contributed by atoms with E-state index in [1.165, 1.54) is 70.8 Å². The van der Waals surface area contributed by atoms with Crippen LogP contribution in [0.25, 0.3) is 0 Å². The van der Waals surface area contributed by atoms with E-state index in [-0.39, 0.29) is 5.91 Å². The van der Waals surface area contributed by atoms with Crippen molar-refractivity contribution in [2.45, 2.75) is 71.1 Å². The van der Waals surface area contributed by atoms with Gasteiger partial charge >= 0.3 is 0 Å². The van der Waals surface area contributed by atoms with Crippen molar-refractivity contribution in [3.8, 4) is 0 Å². The molecule has 0 unspecified atom stereocenters. The molecule has 1 aliphatic heterocycles. The van der Waals surface area contributed by atoms with E-state index in [9.17, 15) is 4.79 Å². The summed E-state index contributed by atoms with van der Waals surface area (Å²) in [6, 6.07) is 9.71. The van der Waals surface area contributed by atoms with Gasteiger partial charge in [0.15, 0.2) is 0 Å². The average molecular weight is 374 g/mol. The molecule has 1 aliphatic rings. The first kappa shape index (κ1) is 21.9. The van der Waals surface area contributed by atoms with Crippen LogP contribution >= 0.6 is 0 Å². The Balaban J connectivity index is 1.55. The highest BCUT2D eigenvalue weighted by Gasteiger charge is 2.30. The minimum absolute atomic E-state index is 0.195. The lowest BCUT2D eigenvalue weighted by atomic mass is 10.1. The van der Waals surface area contributed by atoms with E-state index in [2.05, 4.69) is 14.0 Å². The molecule has 1 aromatic rings. The van der Waals surface area contributed by atoms with Gasteiger partial charge in [0.2, 0.25) is 0 Å². The van der Waals surface area contributed by atoms with Crippen LogP contribution in [0.5, 0.6) is 0 Å². The van der Waals surface area contributed by atoms with Crippen molar-refractivity contribution in [3.05, 3.63) is 35.9 Å². The molecule has 0 radical (unpaired) electrons. The zero-order valence-electron chi connectivity index (χ0n) is 17.8. The lowest BCUT2D eigenvalue weighted by molar-refractivity contribution is -0.913. The summed E-state index contributed by atoms with van der Waals surface area (Å²) in [5.74, 6) is 0.195. The molecule has 1 heterocycles. The quantitative estimate of drug-likeness (QED) is 0.349. The number of nitrogens with zero attached hydrogens (tertiary/aromatic N) is 2. The van der Waals surface area contributed by atoms with Crippen LogP contribution in [-0.4, -0.2) is 55.1 Å². The van der Waals surface area contributed by atoms with Crippen molar-refractivity contribution in [1.29, 1.82) is 0 Å². The largest absolute Gasteiger partial charge is 0.327 e. The van der Waals surface area contributed by atoms with E-state index < -0.39 is 0 Å². The number of benzene rings is 1. The van der Waals surface area contributed by atoms with Gasteiger partial charge < -0.3 is 9.38 Å². The predicted molar refractivity (Wildman–Crippen MR) is 115 cm³/mol. The zero-order valence-corrected chi connectivity index (χ0v) is 17.8. The monoisotopic (exact) mass is 373 g/mol. The molecule has 1 aromatic carbocycles. The van der Waals surface area contributed by atoms with Gasteiger partial charge in [0, 0.05) is 5.56 Å². The van der Waals surface area contributed by atoms with Crippen LogP contribution in [0.15, 0.2) is 30.3 Å². The summed E-state index contributed by atoms with van der Waals surface area (Å²) in [7, 11) is 2.37. The van der Waals surface area contributed by atoms with E-state index in [0.717, 1.165) is 36.2 Å². The maximum Gasteiger partial charge on any atom is 0.254 e. The minimum Gasteiger partial charge on any atom is -0.327 e. The topological polar surface area (TPSA) is 20.3 Å². The molecule has 1 amide bonds. The Hall–Kier alpha value is -1.35. The Morgan fingerprint density at radius 2 is 1.37 bits per heavy atom. The van der Waals surface area contributed by atoms with Crippen molar-refractivity contribution in [2.75, 3.05) is 39.8 Å². The van der Waals surface area contributed by atoms with Crippen molar-refractivity contribution >= 4 is 5.91 Å². The van der Waals surface area contributed by atoms with Crippen LogP contribution < -0.4 is 0 Å². The SMILES string of the molecule is CCCCCCCCCCCC[N+]1(C)CCN(C(=O)c2ccccc2)CC1. The molecule has 0 bridgehead atoms. The number of likely N-dealkylation sites (N-methyl/N-ethyl adjacent to an activating group) is 1. The molecule has 152 valence electrons. The van der Waals surface area contributed by atoms with Gasteiger partial charge in [-0.15, -0.1) is 0 Å². The van der Waals surface area contributed by atoms with Crippen LogP contribution in [0.4, 0.5) is 0 Å². The van der Waals surface area contributed by atoms with Crippen LogP contribution in [0.1, 0.15) is 81.5 Å². The highest BCUT2D eigenvalue weighted by atomic mass is 16.2. The highest BCUT2D eigenvalue weighted by Crippen LogP contribution is 2.16. The number of carbonyl (C=O) groups is 1. The van der Waals surface area contributed by atoms with E-state index in [0.29, 0.717) is 0 Å². The summed E-state index contributed by atoms with van der Waals surface area (Å²) >= 11 is 0. The molecule has 1 saturated heterocycles. The molecule has 3 nitrogen and oxygen atoms in total. The van der Waals surface area contributed by atoms with Crippen molar-refractivity contribution in [3.63, 3.8) is 0 Å². The molecular formula is C24H41N2O+. The van der Waals surface area contributed by atoms with Gasteiger partial charge in [-0.25, -0.2) is 0 Å². The second kappa shape index (κ2) is 12.2. The van der Waals surface area contributed by atoms with Crippen LogP contribution in [0.2, 0.25) is 0 Å². The fourth-order valence-electron chi connectivity index (χ4n) is 4.12. The van der Waals surface area contributed by atoms with Crippen LogP contribution in [0.3, 0.4) is 0 Å².